The first kappa shape index (κ1) is 19.4. The van der Waals surface area contributed by atoms with Gasteiger partial charge in [-0.05, 0) is 56.2 Å². The molecule has 1 N–H and O–H groups in total. The summed E-state index contributed by atoms with van der Waals surface area (Å²) in [7, 11) is -3.74. The molecule has 8 heteroatoms. The van der Waals surface area contributed by atoms with Gasteiger partial charge in [-0.15, -0.1) is 0 Å². The second kappa shape index (κ2) is 7.17. The highest BCUT2D eigenvalue weighted by Gasteiger charge is 2.47. The van der Waals surface area contributed by atoms with E-state index in [0.717, 1.165) is 21.3 Å². The van der Waals surface area contributed by atoms with Crippen LogP contribution in [0.3, 0.4) is 0 Å². The van der Waals surface area contributed by atoms with Gasteiger partial charge in [0.1, 0.15) is 11.4 Å². The van der Waals surface area contributed by atoms with Crippen LogP contribution in [0.4, 0.5) is 0 Å². The van der Waals surface area contributed by atoms with E-state index in [1.54, 1.807) is 24.3 Å². The van der Waals surface area contributed by atoms with Crippen molar-refractivity contribution in [2.75, 3.05) is 13.2 Å². The maximum atomic E-state index is 12.6. The van der Waals surface area contributed by atoms with E-state index in [1.807, 2.05) is 32.0 Å². The Bertz CT molecular complexity index is 1040. The molecule has 0 aromatic heterocycles. The van der Waals surface area contributed by atoms with E-state index in [2.05, 4.69) is 25.9 Å². The lowest BCUT2D eigenvalue weighted by molar-refractivity contribution is -0.0562. The van der Waals surface area contributed by atoms with Crippen LogP contribution in [0, 0.1) is 12.8 Å². The minimum atomic E-state index is -3.74. The zero-order valence-corrected chi connectivity index (χ0v) is 18.0. The fraction of sp³-hybridized carbons (Fsp3) is 0.350. The third kappa shape index (κ3) is 3.68. The normalized spacial score (nSPS) is 25.5. The molecule has 2 aliphatic rings. The predicted molar refractivity (Wildman–Crippen MR) is 110 cm³/mol. The van der Waals surface area contributed by atoms with Crippen LogP contribution >= 0.6 is 15.9 Å². The first-order valence-corrected chi connectivity index (χ1v) is 11.2. The van der Waals surface area contributed by atoms with Crippen molar-refractivity contribution in [2.45, 2.75) is 30.8 Å². The van der Waals surface area contributed by atoms with Crippen LogP contribution in [-0.4, -0.2) is 32.9 Å². The van der Waals surface area contributed by atoms with Crippen molar-refractivity contribution < 1.29 is 17.9 Å². The van der Waals surface area contributed by atoms with Crippen LogP contribution in [-0.2, 0) is 21.2 Å². The molecule has 2 aliphatic heterocycles. The molecule has 2 atom stereocenters. The maximum Gasteiger partial charge on any atom is 0.276 e. The largest absolute Gasteiger partial charge is 0.484 e. The number of hydrazone groups is 1. The van der Waals surface area contributed by atoms with E-state index in [-0.39, 0.29) is 17.4 Å². The summed E-state index contributed by atoms with van der Waals surface area (Å²) in [4.78, 5) is 2.54. The van der Waals surface area contributed by atoms with Crippen LogP contribution in [0.15, 0.2) is 56.9 Å². The highest BCUT2D eigenvalue weighted by Crippen LogP contribution is 2.40. The van der Waals surface area contributed by atoms with E-state index < -0.39 is 15.6 Å². The smallest absolute Gasteiger partial charge is 0.276 e. The molecule has 2 heterocycles. The first-order chi connectivity index (χ1) is 13.3. The highest BCUT2D eigenvalue weighted by atomic mass is 79.9. The Kier molecular flexibility index (Phi) is 4.97. The number of rotatable bonds is 3. The molecule has 4 rings (SSSR count). The molecule has 28 heavy (non-hydrogen) atoms. The van der Waals surface area contributed by atoms with Gasteiger partial charge in [0, 0.05) is 10.4 Å². The number of aryl methyl sites for hydroxylation is 1. The van der Waals surface area contributed by atoms with Gasteiger partial charge in [0.25, 0.3) is 10.0 Å². The molecule has 0 saturated carbocycles. The van der Waals surface area contributed by atoms with Gasteiger partial charge in [0.2, 0.25) is 0 Å². The lowest BCUT2D eigenvalue weighted by Crippen LogP contribution is -2.56. The lowest BCUT2D eigenvalue weighted by atomic mass is 9.77. The standard InChI is InChI=1S/C20H21BrN2O4S/c1-13-3-6-16(7-4-13)28(24,25)23-22-18-11-26-12-20(2)17(18)10-14-9-15(21)5-8-19(14)27-20/h3-9,17,23H,10-12H2,1-2H3/b22-18+/t17-,20-/m0/s1. The van der Waals surface area contributed by atoms with Crippen molar-refractivity contribution >= 4 is 31.7 Å². The van der Waals surface area contributed by atoms with Crippen LogP contribution in [0.2, 0.25) is 0 Å². The second-order valence-electron chi connectivity index (χ2n) is 7.43. The summed E-state index contributed by atoms with van der Waals surface area (Å²) in [6.07, 6.45) is 0.708. The topological polar surface area (TPSA) is 77.0 Å². The van der Waals surface area contributed by atoms with E-state index in [0.29, 0.717) is 18.7 Å². The lowest BCUT2D eigenvalue weighted by Gasteiger charge is -2.45. The van der Waals surface area contributed by atoms with Gasteiger partial charge in [-0.25, -0.2) is 4.83 Å². The Balaban J connectivity index is 1.62. The molecule has 2 aromatic carbocycles. The van der Waals surface area contributed by atoms with Crippen molar-refractivity contribution in [3.05, 3.63) is 58.1 Å². The molecule has 6 nitrogen and oxygen atoms in total. The summed E-state index contributed by atoms with van der Waals surface area (Å²) in [6.45, 7) is 4.58. The van der Waals surface area contributed by atoms with Crippen LogP contribution < -0.4 is 9.57 Å². The molecular formula is C20H21BrN2O4S. The zero-order chi connectivity index (χ0) is 19.9. The number of hydrogen-bond donors (Lipinski definition) is 1. The van der Waals surface area contributed by atoms with Crippen LogP contribution in [0.25, 0.3) is 0 Å². The Morgan fingerprint density at radius 2 is 1.96 bits per heavy atom. The fourth-order valence-electron chi connectivity index (χ4n) is 3.62. The summed E-state index contributed by atoms with van der Waals surface area (Å²) < 4.78 is 38.0. The van der Waals surface area contributed by atoms with E-state index in [4.69, 9.17) is 9.47 Å². The number of halogens is 1. The summed E-state index contributed by atoms with van der Waals surface area (Å²) >= 11 is 3.49. The maximum absolute atomic E-state index is 12.6. The van der Waals surface area contributed by atoms with Gasteiger partial charge in [-0.2, -0.15) is 13.5 Å². The third-order valence-corrected chi connectivity index (χ3v) is 6.93. The molecule has 0 aliphatic carbocycles. The summed E-state index contributed by atoms with van der Waals surface area (Å²) in [5.41, 5.74) is 2.10. The van der Waals surface area contributed by atoms with Gasteiger partial charge in [-0.3, -0.25) is 0 Å². The molecule has 148 valence electrons. The fourth-order valence-corrected chi connectivity index (χ4v) is 4.87. The number of nitrogens with one attached hydrogen (secondary N) is 1. The Morgan fingerprint density at radius 1 is 1.21 bits per heavy atom. The molecule has 1 fully saturated rings. The molecule has 0 spiro atoms. The van der Waals surface area contributed by atoms with Gasteiger partial charge in [-0.1, -0.05) is 33.6 Å². The highest BCUT2D eigenvalue weighted by molar-refractivity contribution is 9.10. The zero-order valence-electron chi connectivity index (χ0n) is 15.6. The average molecular weight is 465 g/mol. The minimum Gasteiger partial charge on any atom is -0.484 e. The van der Waals surface area contributed by atoms with Crippen LogP contribution in [0.1, 0.15) is 18.1 Å². The van der Waals surface area contributed by atoms with Crippen molar-refractivity contribution in [2.24, 2.45) is 11.0 Å². The molecule has 0 bridgehead atoms. The number of fused-ring (bicyclic) bond motifs is 2. The van der Waals surface area contributed by atoms with Gasteiger partial charge >= 0.3 is 0 Å². The summed E-state index contributed by atoms with van der Waals surface area (Å²) in [6, 6.07) is 12.5. The monoisotopic (exact) mass is 464 g/mol. The third-order valence-electron chi connectivity index (χ3n) is 5.21. The number of hydrogen-bond acceptors (Lipinski definition) is 5. The molecule has 0 amide bonds. The van der Waals surface area contributed by atoms with E-state index in [1.165, 1.54) is 0 Å². The van der Waals surface area contributed by atoms with Crippen molar-refractivity contribution in [1.29, 1.82) is 0 Å². The second-order valence-corrected chi connectivity index (χ2v) is 10.0. The first-order valence-electron chi connectivity index (χ1n) is 8.97. The van der Waals surface area contributed by atoms with Gasteiger partial charge < -0.3 is 9.47 Å². The number of benzene rings is 2. The van der Waals surface area contributed by atoms with Crippen molar-refractivity contribution in [3.63, 3.8) is 0 Å². The number of nitrogens with zero attached hydrogens (tertiary/aromatic N) is 1. The molecule has 0 radical (unpaired) electrons. The molecule has 0 unspecified atom stereocenters. The molecule has 2 aromatic rings. The summed E-state index contributed by atoms with van der Waals surface area (Å²) in [5.74, 6) is 0.746. The molecule has 1 saturated heterocycles. The van der Waals surface area contributed by atoms with Gasteiger partial charge in [0.05, 0.1) is 23.8 Å². The number of sulfonamides is 1. The Hall–Kier alpha value is -1.90. The Morgan fingerprint density at radius 3 is 2.71 bits per heavy atom. The summed E-state index contributed by atoms with van der Waals surface area (Å²) in [5, 5.41) is 4.24. The van der Waals surface area contributed by atoms with E-state index in [9.17, 15) is 8.42 Å². The van der Waals surface area contributed by atoms with Gasteiger partial charge in [0.15, 0.2) is 0 Å². The van der Waals surface area contributed by atoms with E-state index >= 15 is 0 Å². The average Bonchev–Trinajstić information content (AvgIpc) is 2.65. The quantitative estimate of drug-likeness (QED) is 0.705. The predicted octanol–water partition coefficient (Wildman–Crippen LogP) is 3.43. The number of ether oxygens (including phenoxy) is 2. The van der Waals surface area contributed by atoms with Crippen molar-refractivity contribution in [1.82, 2.24) is 4.83 Å². The van der Waals surface area contributed by atoms with Crippen LogP contribution in [0.5, 0.6) is 5.75 Å². The Labute approximate surface area is 173 Å². The van der Waals surface area contributed by atoms with Crippen molar-refractivity contribution in [3.8, 4) is 5.75 Å². The molecular weight excluding hydrogens is 444 g/mol. The SMILES string of the molecule is Cc1ccc(S(=O)(=O)N/N=C2\COC[C@]3(C)Oc4ccc(Br)cc4C[C@@H]23)cc1. The minimum absolute atomic E-state index is 0.0798.